The van der Waals surface area contributed by atoms with E-state index < -0.39 is 11.9 Å². The minimum Gasteiger partial charge on any atom is -0.493 e. The Kier molecular flexibility index (Phi) is 5.83. The molecular formula is C23H25N5O4. The average molecular weight is 435 g/mol. The molecule has 4 rings (SSSR count). The number of carbonyl (C=O) groups is 3. The smallest absolute Gasteiger partial charge is 0.255 e. The van der Waals surface area contributed by atoms with Crippen molar-refractivity contribution in [2.75, 3.05) is 11.6 Å². The summed E-state index contributed by atoms with van der Waals surface area (Å²) in [5, 5.41) is 3.65. The maximum Gasteiger partial charge on any atom is 0.255 e. The van der Waals surface area contributed by atoms with Gasteiger partial charge in [0, 0.05) is 30.3 Å². The van der Waals surface area contributed by atoms with Crippen molar-refractivity contribution >= 4 is 29.1 Å². The van der Waals surface area contributed by atoms with Crippen LogP contribution in [0.15, 0.2) is 48.7 Å². The fraction of sp³-hybridized carbons (Fsp3) is 0.261. The lowest BCUT2D eigenvalue weighted by Gasteiger charge is -2.29. The summed E-state index contributed by atoms with van der Waals surface area (Å²) >= 11 is 0. The summed E-state index contributed by atoms with van der Waals surface area (Å²) in [5.41, 5.74) is 9.23. The first kappa shape index (κ1) is 21.4. The summed E-state index contributed by atoms with van der Waals surface area (Å²) in [6.45, 7) is 2.71. The first-order valence-corrected chi connectivity index (χ1v) is 10.4. The zero-order valence-electron chi connectivity index (χ0n) is 17.7. The van der Waals surface area contributed by atoms with Gasteiger partial charge in [-0.1, -0.05) is 18.2 Å². The standard InChI is InChI=1S/C23H25N5O4/c1-2-32-20-6-4-3-5-16(20)18(24)13-28(25)15-8-7-14-12-27(23(31)17(14)11-15)19-9-10-21(29)26-22(19)30/h3-8,11,13,19H,2,9-10,12,24-25H2,1H3,(H,26,29,30)/b18-13-. The predicted octanol–water partition coefficient (Wildman–Crippen LogP) is 1.48. The number of carbonyl (C=O) groups excluding carboxylic acids is 3. The molecule has 2 aromatic rings. The highest BCUT2D eigenvalue weighted by Gasteiger charge is 2.39. The maximum atomic E-state index is 13.0. The molecule has 0 aliphatic carbocycles. The summed E-state index contributed by atoms with van der Waals surface area (Å²) < 4.78 is 5.62. The van der Waals surface area contributed by atoms with Crippen molar-refractivity contribution in [1.82, 2.24) is 10.2 Å². The quantitative estimate of drug-likeness (QED) is 0.356. The largest absolute Gasteiger partial charge is 0.493 e. The predicted molar refractivity (Wildman–Crippen MR) is 119 cm³/mol. The van der Waals surface area contributed by atoms with Crippen LogP contribution >= 0.6 is 0 Å². The van der Waals surface area contributed by atoms with Crippen LogP contribution in [0.25, 0.3) is 5.70 Å². The number of hydrazine groups is 1. The first-order chi connectivity index (χ1) is 15.4. The average Bonchev–Trinajstić information content (AvgIpc) is 3.10. The zero-order valence-corrected chi connectivity index (χ0v) is 17.7. The van der Waals surface area contributed by atoms with E-state index in [-0.39, 0.29) is 18.2 Å². The Labute approximate surface area is 185 Å². The van der Waals surface area contributed by atoms with Gasteiger partial charge in [-0.3, -0.25) is 24.7 Å². The van der Waals surface area contributed by atoms with Crippen molar-refractivity contribution in [3.05, 3.63) is 65.4 Å². The van der Waals surface area contributed by atoms with Crippen LogP contribution in [0, 0.1) is 0 Å². The molecule has 5 N–H and O–H groups in total. The summed E-state index contributed by atoms with van der Waals surface area (Å²) in [7, 11) is 0. The van der Waals surface area contributed by atoms with Gasteiger partial charge in [-0.2, -0.15) is 0 Å². The molecule has 0 saturated carbocycles. The summed E-state index contributed by atoms with van der Waals surface area (Å²) in [6, 6.07) is 12.0. The van der Waals surface area contributed by atoms with E-state index in [2.05, 4.69) is 5.32 Å². The Morgan fingerprint density at radius 2 is 2.03 bits per heavy atom. The fourth-order valence-corrected chi connectivity index (χ4v) is 3.98. The van der Waals surface area contributed by atoms with E-state index in [9.17, 15) is 14.4 Å². The lowest BCUT2D eigenvalue weighted by molar-refractivity contribution is -0.136. The van der Waals surface area contributed by atoms with Crippen LogP contribution in [0.2, 0.25) is 0 Å². The second-order valence-corrected chi connectivity index (χ2v) is 7.66. The number of imide groups is 1. The number of nitrogens with one attached hydrogen (secondary N) is 1. The number of nitrogens with two attached hydrogens (primary N) is 2. The molecule has 9 nitrogen and oxygen atoms in total. The Bertz CT molecular complexity index is 1110. The van der Waals surface area contributed by atoms with Crippen LogP contribution in [-0.2, 0) is 16.1 Å². The molecule has 166 valence electrons. The lowest BCUT2D eigenvalue weighted by Crippen LogP contribution is -2.52. The maximum absolute atomic E-state index is 13.0. The molecule has 2 heterocycles. The SMILES string of the molecule is CCOc1ccccc1/C(N)=C/N(N)c1ccc2c(c1)C(=O)N(C1CCC(=O)NC1=O)C2. The topological polar surface area (TPSA) is 131 Å². The van der Waals surface area contributed by atoms with E-state index >= 15 is 0 Å². The number of rotatable bonds is 6. The normalized spacial score (nSPS) is 18.4. The molecule has 1 saturated heterocycles. The molecule has 0 radical (unpaired) electrons. The van der Waals surface area contributed by atoms with E-state index in [1.807, 2.05) is 37.3 Å². The van der Waals surface area contributed by atoms with Crippen molar-refractivity contribution < 1.29 is 19.1 Å². The van der Waals surface area contributed by atoms with E-state index in [1.165, 1.54) is 9.91 Å². The number of fused-ring (bicyclic) bond motifs is 1. The summed E-state index contributed by atoms with van der Waals surface area (Å²) in [6.07, 6.45) is 2.10. The van der Waals surface area contributed by atoms with Gasteiger partial charge in [-0.25, -0.2) is 5.84 Å². The van der Waals surface area contributed by atoms with Gasteiger partial charge in [0.2, 0.25) is 11.8 Å². The van der Waals surface area contributed by atoms with Crippen LogP contribution in [-0.4, -0.2) is 35.3 Å². The molecule has 32 heavy (non-hydrogen) atoms. The van der Waals surface area contributed by atoms with Crippen LogP contribution < -0.4 is 26.6 Å². The van der Waals surface area contributed by atoms with Crippen molar-refractivity contribution in [3.8, 4) is 5.75 Å². The second kappa shape index (κ2) is 8.72. The van der Waals surface area contributed by atoms with Gasteiger partial charge >= 0.3 is 0 Å². The molecule has 3 amide bonds. The molecule has 2 aromatic carbocycles. The molecule has 1 fully saturated rings. The Morgan fingerprint density at radius 1 is 1.25 bits per heavy atom. The van der Waals surface area contributed by atoms with Gasteiger partial charge in [-0.15, -0.1) is 0 Å². The monoisotopic (exact) mass is 435 g/mol. The minimum atomic E-state index is -0.657. The Hall–Kier alpha value is -3.85. The van der Waals surface area contributed by atoms with Gasteiger partial charge < -0.3 is 15.4 Å². The third-order valence-corrected chi connectivity index (χ3v) is 5.59. The number of hydrogen-bond acceptors (Lipinski definition) is 7. The number of benzene rings is 2. The van der Waals surface area contributed by atoms with Crippen LogP contribution in [0.1, 0.15) is 41.3 Å². The Morgan fingerprint density at radius 3 is 2.78 bits per heavy atom. The number of hydrogen-bond donors (Lipinski definition) is 3. The number of para-hydroxylation sites is 1. The molecule has 1 atom stereocenters. The molecule has 9 heteroatoms. The van der Waals surface area contributed by atoms with E-state index in [0.29, 0.717) is 47.8 Å². The third kappa shape index (κ3) is 4.02. The lowest BCUT2D eigenvalue weighted by atomic mass is 10.0. The summed E-state index contributed by atoms with van der Waals surface area (Å²) in [4.78, 5) is 38.1. The van der Waals surface area contributed by atoms with Gasteiger partial charge in [0.1, 0.15) is 11.8 Å². The molecular weight excluding hydrogens is 410 g/mol. The molecule has 2 aliphatic heterocycles. The van der Waals surface area contributed by atoms with Crippen molar-refractivity contribution in [3.63, 3.8) is 0 Å². The number of piperidine rings is 1. The number of nitrogens with zero attached hydrogens (tertiary/aromatic N) is 2. The fourth-order valence-electron chi connectivity index (χ4n) is 3.98. The molecule has 0 aromatic heterocycles. The van der Waals surface area contributed by atoms with Crippen LogP contribution in [0.3, 0.4) is 0 Å². The van der Waals surface area contributed by atoms with E-state index in [0.717, 1.165) is 5.56 Å². The van der Waals surface area contributed by atoms with E-state index in [1.54, 1.807) is 18.3 Å². The van der Waals surface area contributed by atoms with Crippen molar-refractivity contribution in [2.45, 2.75) is 32.4 Å². The van der Waals surface area contributed by atoms with Gasteiger partial charge in [0.05, 0.1) is 18.0 Å². The van der Waals surface area contributed by atoms with Crippen molar-refractivity contribution in [1.29, 1.82) is 0 Å². The summed E-state index contributed by atoms with van der Waals surface area (Å²) in [5.74, 6) is 5.86. The van der Waals surface area contributed by atoms with Crippen molar-refractivity contribution in [2.24, 2.45) is 11.6 Å². The highest BCUT2D eigenvalue weighted by Crippen LogP contribution is 2.31. The zero-order chi connectivity index (χ0) is 22.8. The van der Waals surface area contributed by atoms with Crippen LogP contribution in [0.4, 0.5) is 5.69 Å². The minimum absolute atomic E-state index is 0.214. The molecule has 2 aliphatic rings. The second-order valence-electron chi connectivity index (χ2n) is 7.66. The number of ether oxygens (including phenoxy) is 1. The molecule has 0 spiro atoms. The Balaban J connectivity index is 1.55. The van der Waals surface area contributed by atoms with Gasteiger partial charge in [-0.05, 0) is 43.2 Å². The number of amides is 3. The van der Waals surface area contributed by atoms with Crippen LogP contribution in [0.5, 0.6) is 5.75 Å². The highest BCUT2D eigenvalue weighted by atomic mass is 16.5. The van der Waals surface area contributed by atoms with Gasteiger partial charge in [0.15, 0.2) is 0 Å². The highest BCUT2D eigenvalue weighted by molar-refractivity contribution is 6.05. The number of anilines is 1. The molecule has 1 unspecified atom stereocenters. The first-order valence-electron chi connectivity index (χ1n) is 10.4. The van der Waals surface area contributed by atoms with E-state index in [4.69, 9.17) is 16.3 Å². The third-order valence-electron chi connectivity index (χ3n) is 5.59. The van der Waals surface area contributed by atoms with Gasteiger partial charge in [0.25, 0.3) is 5.91 Å². The molecule has 0 bridgehead atoms.